The number of nitrogens with zero attached hydrogens (tertiary/aromatic N) is 3. The van der Waals surface area contributed by atoms with E-state index in [1.165, 1.54) is 0 Å². The van der Waals surface area contributed by atoms with Crippen molar-refractivity contribution >= 4 is 11.6 Å². The van der Waals surface area contributed by atoms with Crippen LogP contribution in [-0.4, -0.2) is 47.3 Å². The van der Waals surface area contributed by atoms with Crippen LogP contribution in [0.2, 0.25) is 0 Å². The van der Waals surface area contributed by atoms with Crippen molar-refractivity contribution in [2.24, 2.45) is 0 Å². The lowest BCUT2D eigenvalue weighted by Crippen LogP contribution is -2.40. The molecule has 2 heterocycles. The summed E-state index contributed by atoms with van der Waals surface area (Å²) in [6.45, 7) is 4.73. The van der Waals surface area contributed by atoms with Gasteiger partial charge < -0.3 is 19.5 Å². The van der Waals surface area contributed by atoms with E-state index in [1.807, 2.05) is 60.4 Å². The van der Waals surface area contributed by atoms with Crippen LogP contribution in [0.5, 0.6) is 0 Å². The standard InChI is InChI=1S/C21H22N4O3/c1-15-5-4-6-16(13-15)20-23-19(28-24-20)14-22-18-8-3-2-7-17(18)21(26)25-9-11-27-12-10-25/h2-8,13,22H,9-12,14H2,1H3. The molecule has 0 bridgehead atoms. The Morgan fingerprint density at radius 2 is 1.96 bits per heavy atom. The van der Waals surface area contributed by atoms with Crippen molar-refractivity contribution in [1.29, 1.82) is 0 Å². The van der Waals surface area contributed by atoms with Crippen LogP contribution < -0.4 is 5.32 Å². The number of aromatic nitrogens is 2. The van der Waals surface area contributed by atoms with Gasteiger partial charge in [0.2, 0.25) is 11.7 Å². The first-order chi connectivity index (χ1) is 13.7. The lowest BCUT2D eigenvalue weighted by molar-refractivity contribution is 0.0303. The molecule has 1 aliphatic rings. The van der Waals surface area contributed by atoms with Crippen LogP contribution in [0.25, 0.3) is 11.4 Å². The minimum absolute atomic E-state index is 0.00243. The molecule has 0 aliphatic carbocycles. The molecule has 7 heteroatoms. The molecule has 1 aliphatic heterocycles. The summed E-state index contributed by atoms with van der Waals surface area (Å²) in [4.78, 5) is 19.1. The number of para-hydroxylation sites is 1. The minimum atomic E-state index is -0.00243. The summed E-state index contributed by atoms with van der Waals surface area (Å²) in [6.07, 6.45) is 0. The Kier molecular flexibility index (Phi) is 5.34. The normalized spacial score (nSPS) is 14.1. The molecule has 1 amide bonds. The molecule has 1 N–H and O–H groups in total. The Morgan fingerprint density at radius 3 is 2.79 bits per heavy atom. The van der Waals surface area contributed by atoms with E-state index in [9.17, 15) is 4.79 Å². The van der Waals surface area contributed by atoms with E-state index < -0.39 is 0 Å². The third kappa shape index (κ3) is 4.04. The summed E-state index contributed by atoms with van der Waals surface area (Å²) >= 11 is 0. The van der Waals surface area contributed by atoms with Crippen molar-refractivity contribution in [2.45, 2.75) is 13.5 Å². The van der Waals surface area contributed by atoms with Crippen LogP contribution in [0.3, 0.4) is 0 Å². The quantitative estimate of drug-likeness (QED) is 0.735. The van der Waals surface area contributed by atoms with Crippen molar-refractivity contribution in [3.05, 3.63) is 65.5 Å². The Balaban J connectivity index is 1.46. The van der Waals surface area contributed by atoms with Gasteiger partial charge in [0.25, 0.3) is 5.91 Å². The van der Waals surface area contributed by atoms with Gasteiger partial charge in [-0.1, -0.05) is 41.1 Å². The zero-order chi connectivity index (χ0) is 19.3. The second-order valence-electron chi connectivity index (χ2n) is 6.68. The smallest absolute Gasteiger partial charge is 0.256 e. The number of morpholine rings is 1. The molecule has 28 heavy (non-hydrogen) atoms. The maximum atomic E-state index is 12.8. The number of nitrogens with one attached hydrogen (secondary N) is 1. The number of rotatable bonds is 5. The Bertz CT molecular complexity index is 964. The highest BCUT2D eigenvalue weighted by Gasteiger charge is 2.21. The monoisotopic (exact) mass is 378 g/mol. The summed E-state index contributed by atoms with van der Waals surface area (Å²) < 4.78 is 10.7. The predicted molar refractivity (Wildman–Crippen MR) is 105 cm³/mol. The maximum Gasteiger partial charge on any atom is 0.256 e. The summed E-state index contributed by atoms with van der Waals surface area (Å²) in [7, 11) is 0. The molecule has 7 nitrogen and oxygen atoms in total. The number of ether oxygens (including phenoxy) is 1. The van der Waals surface area contributed by atoms with E-state index in [0.717, 1.165) is 16.8 Å². The number of anilines is 1. The fourth-order valence-electron chi connectivity index (χ4n) is 3.16. The summed E-state index contributed by atoms with van der Waals surface area (Å²) in [5, 5.41) is 7.31. The van der Waals surface area contributed by atoms with Gasteiger partial charge in [-0.25, -0.2) is 0 Å². The molecule has 3 aromatic rings. The van der Waals surface area contributed by atoms with E-state index in [-0.39, 0.29) is 5.91 Å². The second kappa shape index (κ2) is 8.22. The number of carbonyl (C=O) groups excluding carboxylic acids is 1. The molecule has 4 rings (SSSR count). The molecule has 0 unspecified atom stereocenters. The molecule has 1 aromatic heterocycles. The molecular formula is C21H22N4O3. The highest BCUT2D eigenvalue weighted by molar-refractivity contribution is 5.99. The number of aryl methyl sites for hydroxylation is 1. The van der Waals surface area contributed by atoms with E-state index in [4.69, 9.17) is 9.26 Å². The van der Waals surface area contributed by atoms with Gasteiger partial charge in [-0.15, -0.1) is 0 Å². The third-order valence-corrected chi connectivity index (χ3v) is 4.63. The molecule has 144 valence electrons. The number of hydrogen-bond donors (Lipinski definition) is 1. The Labute approximate surface area is 163 Å². The number of hydrogen-bond acceptors (Lipinski definition) is 6. The van der Waals surface area contributed by atoms with Gasteiger partial charge in [0.15, 0.2) is 0 Å². The molecular weight excluding hydrogens is 356 g/mol. The van der Waals surface area contributed by atoms with Crippen molar-refractivity contribution < 1.29 is 14.1 Å². The van der Waals surface area contributed by atoms with E-state index >= 15 is 0 Å². The van der Waals surface area contributed by atoms with Crippen LogP contribution >= 0.6 is 0 Å². The first-order valence-corrected chi connectivity index (χ1v) is 9.30. The van der Waals surface area contributed by atoms with Gasteiger partial charge >= 0.3 is 0 Å². The van der Waals surface area contributed by atoms with Crippen molar-refractivity contribution in [3.63, 3.8) is 0 Å². The van der Waals surface area contributed by atoms with Gasteiger partial charge in [0.05, 0.1) is 25.3 Å². The van der Waals surface area contributed by atoms with Crippen LogP contribution in [-0.2, 0) is 11.3 Å². The van der Waals surface area contributed by atoms with Gasteiger partial charge in [0.1, 0.15) is 0 Å². The van der Waals surface area contributed by atoms with Gasteiger partial charge in [-0.3, -0.25) is 4.79 Å². The van der Waals surface area contributed by atoms with Crippen molar-refractivity contribution in [3.8, 4) is 11.4 Å². The average molecular weight is 378 g/mol. The molecule has 1 saturated heterocycles. The van der Waals surface area contributed by atoms with Gasteiger partial charge in [0, 0.05) is 24.3 Å². The number of amides is 1. The van der Waals surface area contributed by atoms with Crippen molar-refractivity contribution in [2.75, 3.05) is 31.6 Å². The van der Waals surface area contributed by atoms with E-state index in [0.29, 0.717) is 50.1 Å². The maximum absolute atomic E-state index is 12.8. The average Bonchev–Trinajstić information content (AvgIpc) is 3.22. The topological polar surface area (TPSA) is 80.5 Å². The first-order valence-electron chi connectivity index (χ1n) is 9.30. The highest BCUT2D eigenvalue weighted by Crippen LogP contribution is 2.20. The fourth-order valence-corrected chi connectivity index (χ4v) is 3.16. The first kappa shape index (κ1) is 18.2. The van der Waals surface area contributed by atoms with Crippen molar-refractivity contribution in [1.82, 2.24) is 15.0 Å². The lowest BCUT2D eigenvalue weighted by atomic mass is 10.1. The zero-order valence-electron chi connectivity index (χ0n) is 15.7. The molecule has 0 saturated carbocycles. The Morgan fingerprint density at radius 1 is 1.14 bits per heavy atom. The molecule has 1 fully saturated rings. The SMILES string of the molecule is Cc1cccc(-c2noc(CNc3ccccc3C(=O)N3CCOCC3)n2)c1. The third-order valence-electron chi connectivity index (χ3n) is 4.63. The molecule has 2 aromatic carbocycles. The zero-order valence-corrected chi connectivity index (χ0v) is 15.7. The number of carbonyl (C=O) groups is 1. The molecule has 0 atom stereocenters. The number of benzene rings is 2. The molecule has 0 radical (unpaired) electrons. The largest absolute Gasteiger partial charge is 0.378 e. The van der Waals surface area contributed by atoms with Crippen LogP contribution in [0.15, 0.2) is 53.1 Å². The van der Waals surface area contributed by atoms with E-state index in [2.05, 4.69) is 15.5 Å². The highest BCUT2D eigenvalue weighted by atomic mass is 16.5. The Hall–Kier alpha value is -3.19. The fraction of sp³-hybridized carbons (Fsp3) is 0.286. The predicted octanol–water partition coefficient (Wildman–Crippen LogP) is 3.13. The van der Waals surface area contributed by atoms with Crippen LogP contribution in [0.1, 0.15) is 21.8 Å². The summed E-state index contributed by atoms with van der Waals surface area (Å²) in [5.41, 5.74) is 3.42. The van der Waals surface area contributed by atoms with Gasteiger partial charge in [-0.05, 0) is 25.1 Å². The molecule has 0 spiro atoms. The summed E-state index contributed by atoms with van der Waals surface area (Å²) in [6, 6.07) is 15.4. The van der Waals surface area contributed by atoms with Crippen LogP contribution in [0.4, 0.5) is 5.69 Å². The second-order valence-corrected chi connectivity index (χ2v) is 6.68. The van der Waals surface area contributed by atoms with Gasteiger partial charge in [-0.2, -0.15) is 4.98 Å². The minimum Gasteiger partial charge on any atom is -0.378 e. The summed E-state index contributed by atoms with van der Waals surface area (Å²) in [5.74, 6) is 1.01. The van der Waals surface area contributed by atoms with E-state index in [1.54, 1.807) is 0 Å². The van der Waals surface area contributed by atoms with Crippen LogP contribution in [0, 0.1) is 6.92 Å². The lowest BCUT2D eigenvalue weighted by Gasteiger charge is -2.27.